The third-order valence-corrected chi connectivity index (χ3v) is 1.91. The molecule has 0 aromatic heterocycles. The van der Waals surface area contributed by atoms with E-state index in [2.05, 4.69) is 0 Å². The maximum atomic E-state index is 9.38. The molecule has 0 aliphatic rings. The van der Waals surface area contributed by atoms with Gasteiger partial charge in [-0.15, -0.1) is 0 Å². The molecule has 3 nitrogen and oxygen atoms in total. The first-order valence-electron chi connectivity index (χ1n) is 3.69. The summed E-state index contributed by atoms with van der Waals surface area (Å²) in [5, 5.41) is 27.6. The van der Waals surface area contributed by atoms with Crippen LogP contribution in [0.1, 0.15) is 16.7 Å². The highest BCUT2D eigenvalue weighted by Crippen LogP contribution is 2.32. The minimum Gasteiger partial charge on any atom is -0.507 e. The maximum Gasteiger partial charge on any atom is 0.127 e. The minimum absolute atomic E-state index is 0.0272. The van der Waals surface area contributed by atoms with Crippen LogP contribution in [-0.2, 0) is 6.61 Å². The molecule has 0 heterocycles. The molecule has 0 saturated heterocycles. The Hall–Kier alpha value is -1.22. The van der Waals surface area contributed by atoms with E-state index >= 15 is 0 Å². The fourth-order valence-corrected chi connectivity index (χ4v) is 1.20. The van der Waals surface area contributed by atoms with Crippen molar-refractivity contribution in [3.05, 3.63) is 22.8 Å². The lowest BCUT2D eigenvalue weighted by Gasteiger charge is -2.09. The van der Waals surface area contributed by atoms with Gasteiger partial charge in [-0.1, -0.05) is 0 Å². The standard InChI is InChI=1S/C9H12O3/c1-5-3-6(2)9(12)7(4-10)8(5)11/h3,10-12H,4H2,1-2H3. The second-order valence-electron chi connectivity index (χ2n) is 2.84. The van der Waals surface area contributed by atoms with Crippen molar-refractivity contribution in [3.63, 3.8) is 0 Å². The summed E-state index contributed by atoms with van der Waals surface area (Å²) in [6.45, 7) is 3.10. The van der Waals surface area contributed by atoms with E-state index in [-0.39, 0.29) is 23.7 Å². The number of hydrogen-bond donors (Lipinski definition) is 3. The van der Waals surface area contributed by atoms with Crippen LogP contribution < -0.4 is 0 Å². The van der Waals surface area contributed by atoms with Crippen LogP contribution in [-0.4, -0.2) is 15.3 Å². The summed E-state index contributed by atoms with van der Waals surface area (Å²) >= 11 is 0. The molecule has 0 spiro atoms. The summed E-state index contributed by atoms with van der Waals surface area (Å²) in [5.74, 6) is -0.0544. The van der Waals surface area contributed by atoms with Gasteiger partial charge in [0.25, 0.3) is 0 Å². The van der Waals surface area contributed by atoms with Crippen LogP contribution in [0.15, 0.2) is 6.07 Å². The summed E-state index contributed by atoms with van der Waals surface area (Å²) in [6.07, 6.45) is 0. The van der Waals surface area contributed by atoms with E-state index in [4.69, 9.17) is 5.11 Å². The molecule has 1 aromatic carbocycles. The van der Waals surface area contributed by atoms with Crippen LogP contribution in [0.3, 0.4) is 0 Å². The monoisotopic (exact) mass is 168 g/mol. The van der Waals surface area contributed by atoms with Crippen LogP contribution in [0.25, 0.3) is 0 Å². The molecule has 3 N–H and O–H groups in total. The fourth-order valence-electron chi connectivity index (χ4n) is 1.20. The van der Waals surface area contributed by atoms with Gasteiger partial charge < -0.3 is 15.3 Å². The summed E-state index contributed by atoms with van der Waals surface area (Å²) in [4.78, 5) is 0. The Labute approximate surface area is 70.9 Å². The van der Waals surface area contributed by atoms with Crippen molar-refractivity contribution in [3.8, 4) is 11.5 Å². The molecule has 1 rings (SSSR count). The van der Waals surface area contributed by atoms with Crippen LogP contribution in [0.2, 0.25) is 0 Å². The number of rotatable bonds is 1. The molecular weight excluding hydrogens is 156 g/mol. The van der Waals surface area contributed by atoms with Gasteiger partial charge in [0.1, 0.15) is 11.5 Å². The predicted octanol–water partition coefficient (Wildman–Crippen LogP) is 1.21. The zero-order chi connectivity index (χ0) is 9.30. The Morgan fingerprint density at radius 1 is 1.08 bits per heavy atom. The normalized spacial score (nSPS) is 10.2. The van der Waals surface area contributed by atoms with Crippen LogP contribution in [0.5, 0.6) is 11.5 Å². The van der Waals surface area contributed by atoms with Crippen molar-refractivity contribution in [1.29, 1.82) is 0 Å². The van der Waals surface area contributed by atoms with E-state index in [1.807, 2.05) is 0 Å². The number of aryl methyl sites for hydroxylation is 2. The quantitative estimate of drug-likeness (QED) is 0.590. The largest absolute Gasteiger partial charge is 0.507 e. The lowest BCUT2D eigenvalue weighted by molar-refractivity contribution is 0.268. The maximum absolute atomic E-state index is 9.38. The summed E-state index contributed by atoms with van der Waals surface area (Å²) in [5.41, 5.74) is 1.52. The summed E-state index contributed by atoms with van der Waals surface area (Å²) in [6, 6.07) is 1.67. The molecule has 0 aliphatic heterocycles. The van der Waals surface area contributed by atoms with Gasteiger partial charge in [0.2, 0.25) is 0 Å². The van der Waals surface area contributed by atoms with Crippen molar-refractivity contribution in [1.82, 2.24) is 0 Å². The molecule has 12 heavy (non-hydrogen) atoms. The molecule has 0 unspecified atom stereocenters. The molecule has 0 saturated carbocycles. The summed E-state index contributed by atoms with van der Waals surface area (Å²) in [7, 11) is 0. The van der Waals surface area contributed by atoms with Gasteiger partial charge in [0.05, 0.1) is 12.2 Å². The molecule has 0 fully saturated rings. The first kappa shape index (κ1) is 8.87. The van der Waals surface area contributed by atoms with Crippen LogP contribution in [0.4, 0.5) is 0 Å². The van der Waals surface area contributed by atoms with Gasteiger partial charge in [-0.25, -0.2) is 0 Å². The van der Waals surface area contributed by atoms with Crippen LogP contribution in [0, 0.1) is 13.8 Å². The Morgan fingerprint density at radius 3 is 1.83 bits per heavy atom. The van der Waals surface area contributed by atoms with Gasteiger partial charge in [0, 0.05) is 0 Å². The van der Waals surface area contributed by atoms with Crippen molar-refractivity contribution < 1.29 is 15.3 Å². The Balaban J connectivity index is 3.42. The zero-order valence-electron chi connectivity index (χ0n) is 7.13. The number of benzene rings is 1. The molecule has 3 heteroatoms. The van der Waals surface area contributed by atoms with Gasteiger partial charge in [-0.05, 0) is 31.0 Å². The van der Waals surface area contributed by atoms with E-state index in [1.165, 1.54) is 0 Å². The van der Waals surface area contributed by atoms with Gasteiger partial charge >= 0.3 is 0 Å². The van der Waals surface area contributed by atoms with Crippen LogP contribution >= 0.6 is 0 Å². The highest BCUT2D eigenvalue weighted by atomic mass is 16.3. The molecule has 0 amide bonds. The van der Waals surface area contributed by atoms with Crippen molar-refractivity contribution in [2.24, 2.45) is 0 Å². The molecule has 0 bridgehead atoms. The number of aromatic hydroxyl groups is 2. The first-order valence-corrected chi connectivity index (χ1v) is 3.69. The minimum atomic E-state index is -0.347. The van der Waals surface area contributed by atoms with E-state index in [1.54, 1.807) is 19.9 Å². The van der Waals surface area contributed by atoms with E-state index < -0.39 is 0 Å². The van der Waals surface area contributed by atoms with Gasteiger partial charge in [-0.3, -0.25) is 0 Å². The third kappa shape index (κ3) is 1.23. The number of phenols is 2. The van der Waals surface area contributed by atoms with Crippen molar-refractivity contribution >= 4 is 0 Å². The first-order chi connectivity index (χ1) is 5.57. The molecule has 0 atom stereocenters. The van der Waals surface area contributed by atoms with Gasteiger partial charge in [-0.2, -0.15) is 0 Å². The third-order valence-electron chi connectivity index (χ3n) is 1.91. The molecule has 0 aliphatic carbocycles. The van der Waals surface area contributed by atoms with Gasteiger partial charge in [0.15, 0.2) is 0 Å². The highest BCUT2D eigenvalue weighted by Gasteiger charge is 2.11. The van der Waals surface area contributed by atoms with E-state index in [9.17, 15) is 10.2 Å². The predicted molar refractivity (Wildman–Crippen MR) is 45.2 cm³/mol. The SMILES string of the molecule is Cc1cc(C)c(O)c(CO)c1O. The van der Waals surface area contributed by atoms with Crippen molar-refractivity contribution in [2.75, 3.05) is 0 Å². The number of aliphatic hydroxyl groups excluding tert-OH is 1. The zero-order valence-corrected chi connectivity index (χ0v) is 7.13. The second kappa shape index (κ2) is 3.03. The molecule has 1 aromatic rings. The average molecular weight is 168 g/mol. The fraction of sp³-hybridized carbons (Fsp3) is 0.333. The Morgan fingerprint density at radius 2 is 1.50 bits per heavy atom. The highest BCUT2D eigenvalue weighted by molar-refractivity contribution is 5.51. The number of aliphatic hydroxyl groups is 1. The lowest BCUT2D eigenvalue weighted by Crippen LogP contribution is -1.90. The molecule has 0 radical (unpaired) electrons. The van der Waals surface area contributed by atoms with Crippen molar-refractivity contribution in [2.45, 2.75) is 20.5 Å². The second-order valence-corrected chi connectivity index (χ2v) is 2.84. The average Bonchev–Trinajstić information content (AvgIpc) is 2.02. The smallest absolute Gasteiger partial charge is 0.127 e. The van der Waals surface area contributed by atoms with E-state index in [0.29, 0.717) is 11.1 Å². The number of hydrogen-bond acceptors (Lipinski definition) is 3. The van der Waals surface area contributed by atoms with E-state index in [0.717, 1.165) is 0 Å². The topological polar surface area (TPSA) is 60.7 Å². The summed E-state index contributed by atoms with van der Waals surface area (Å²) < 4.78 is 0. The molecule has 66 valence electrons. The Kier molecular flexibility index (Phi) is 2.24. The Bertz CT molecular complexity index is 279. The molecular formula is C9H12O3. The lowest BCUT2D eigenvalue weighted by atomic mass is 10.0.